The van der Waals surface area contributed by atoms with E-state index in [4.69, 9.17) is 0 Å². The van der Waals surface area contributed by atoms with Crippen molar-refractivity contribution in [2.75, 3.05) is 13.6 Å². The van der Waals surface area contributed by atoms with E-state index in [1.54, 1.807) is 11.7 Å². The SMILES string of the molecule is CNC(=O)[C@@H]1C[C@H](n2cc(C(C)(C)NC(=O)CC3CCCC3)nn2)CN1. The lowest BCUT2D eigenvalue weighted by Gasteiger charge is -2.24. The Labute approximate surface area is 154 Å². The van der Waals surface area contributed by atoms with E-state index >= 15 is 0 Å². The number of nitrogens with zero attached hydrogens (tertiary/aromatic N) is 3. The van der Waals surface area contributed by atoms with Gasteiger partial charge in [0.1, 0.15) is 5.69 Å². The summed E-state index contributed by atoms with van der Waals surface area (Å²) in [6.45, 7) is 4.58. The van der Waals surface area contributed by atoms with Crippen LogP contribution < -0.4 is 16.0 Å². The third-order valence-corrected chi connectivity index (χ3v) is 5.60. The zero-order chi connectivity index (χ0) is 18.7. The molecule has 8 heteroatoms. The molecule has 0 bridgehead atoms. The quantitative estimate of drug-likeness (QED) is 0.697. The summed E-state index contributed by atoms with van der Waals surface area (Å²) in [5, 5.41) is 17.5. The highest BCUT2D eigenvalue weighted by molar-refractivity contribution is 5.81. The van der Waals surface area contributed by atoms with Crippen molar-refractivity contribution >= 4 is 11.8 Å². The highest BCUT2D eigenvalue weighted by Gasteiger charge is 2.33. The molecular weight excluding hydrogens is 332 g/mol. The number of carbonyl (C=O) groups is 2. The van der Waals surface area contributed by atoms with Crippen molar-refractivity contribution in [2.45, 2.75) is 70.0 Å². The molecule has 2 atom stereocenters. The van der Waals surface area contributed by atoms with Gasteiger partial charge in [0.15, 0.2) is 0 Å². The second kappa shape index (κ2) is 7.73. The monoisotopic (exact) mass is 362 g/mol. The zero-order valence-corrected chi connectivity index (χ0v) is 15.9. The first-order valence-corrected chi connectivity index (χ1v) is 9.57. The number of rotatable bonds is 6. The lowest BCUT2D eigenvalue weighted by Crippen LogP contribution is -2.41. The fourth-order valence-electron chi connectivity index (χ4n) is 3.97. The molecule has 1 saturated carbocycles. The first-order chi connectivity index (χ1) is 12.4. The summed E-state index contributed by atoms with van der Waals surface area (Å²) in [6, 6.07) is -0.111. The van der Waals surface area contributed by atoms with Crippen LogP contribution in [0.25, 0.3) is 0 Å². The number of nitrogens with one attached hydrogen (secondary N) is 3. The van der Waals surface area contributed by atoms with E-state index in [-0.39, 0.29) is 23.9 Å². The Morgan fingerprint density at radius 3 is 2.77 bits per heavy atom. The van der Waals surface area contributed by atoms with Crippen molar-refractivity contribution in [2.24, 2.45) is 5.92 Å². The fraction of sp³-hybridized carbons (Fsp3) is 0.778. The van der Waals surface area contributed by atoms with Gasteiger partial charge in [-0.2, -0.15) is 0 Å². The Hall–Kier alpha value is -1.96. The predicted molar refractivity (Wildman–Crippen MR) is 97.3 cm³/mol. The van der Waals surface area contributed by atoms with Crippen LogP contribution in [0.4, 0.5) is 0 Å². The predicted octanol–water partition coefficient (Wildman–Crippen LogP) is 0.859. The van der Waals surface area contributed by atoms with Crippen LogP contribution in [-0.2, 0) is 15.1 Å². The van der Waals surface area contributed by atoms with Gasteiger partial charge in [-0.05, 0) is 39.0 Å². The third-order valence-electron chi connectivity index (χ3n) is 5.60. The van der Waals surface area contributed by atoms with E-state index in [0.29, 0.717) is 25.3 Å². The molecule has 2 heterocycles. The molecule has 2 fully saturated rings. The van der Waals surface area contributed by atoms with Gasteiger partial charge in [-0.1, -0.05) is 18.1 Å². The van der Waals surface area contributed by atoms with Crippen molar-refractivity contribution in [1.29, 1.82) is 0 Å². The van der Waals surface area contributed by atoms with Gasteiger partial charge < -0.3 is 16.0 Å². The first-order valence-electron chi connectivity index (χ1n) is 9.57. The van der Waals surface area contributed by atoms with Crippen LogP contribution in [0.1, 0.15) is 64.1 Å². The molecule has 2 amide bonds. The van der Waals surface area contributed by atoms with Crippen molar-refractivity contribution < 1.29 is 9.59 Å². The van der Waals surface area contributed by atoms with E-state index in [2.05, 4.69) is 26.3 Å². The number of aromatic nitrogens is 3. The molecule has 0 aromatic carbocycles. The van der Waals surface area contributed by atoms with E-state index in [9.17, 15) is 9.59 Å². The average molecular weight is 362 g/mol. The molecule has 8 nitrogen and oxygen atoms in total. The maximum Gasteiger partial charge on any atom is 0.236 e. The molecule has 0 radical (unpaired) electrons. The number of hydrogen-bond donors (Lipinski definition) is 3. The standard InChI is InChI=1S/C18H30N6O2/c1-18(2,21-16(25)8-12-6-4-5-7-12)15-11-24(23-22-15)13-9-14(20-10-13)17(26)19-3/h11-14,20H,4-10H2,1-3H3,(H,19,26)(H,21,25)/t13-,14-/m0/s1. The molecule has 3 N–H and O–H groups in total. The summed E-state index contributed by atoms with van der Waals surface area (Å²) in [5.74, 6) is 0.596. The summed E-state index contributed by atoms with van der Waals surface area (Å²) in [4.78, 5) is 24.1. The highest BCUT2D eigenvalue weighted by Crippen LogP contribution is 2.28. The van der Waals surface area contributed by atoms with Gasteiger partial charge in [-0.3, -0.25) is 9.59 Å². The van der Waals surface area contributed by atoms with Crippen molar-refractivity contribution in [3.63, 3.8) is 0 Å². The molecule has 1 aliphatic carbocycles. The minimum atomic E-state index is -0.569. The Kier molecular flexibility index (Phi) is 5.60. The topological polar surface area (TPSA) is 101 Å². The van der Waals surface area contributed by atoms with E-state index in [1.165, 1.54) is 12.8 Å². The Bertz CT molecular complexity index is 650. The second-order valence-corrected chi connectivity index (χ2v) is 8.08. The Morgan fingerprint density at radius 2 is 2.08 bits per heavy atom. The van der Waals surface area contributed by atoms with E-state index in [0.717, 1.165) is 18.5 Å². The molecule has 2 aliphatic rings. The highest BCUT2D eigenvalue weighted by atomic mass is 16.2. The van der Waals surface area contributed by atoms with Gasteiger partial charge in [0.05, 0.1) is 23.8 Å². The van der Waals surface area contributed by atoms with Gasteiger partial charge in [0, 0.05) is 20.0 Å². The molecule has 3 rings (SSSR count). The Morgan fingerprint density at radius 1 is 1.35 bits per heavy atom. The number of amides is 2. The molecule has 0 spiro atoms. The van der Waals surface area contributed by atoms with Gasteiger partial charge >= 0.3 is 0 Å². The van der Waals surface area contributed by atoms with Gasteiger partial charge in [0.25, 0.3) is 0 Å². The zero-order valence-electron chi connectivity index (χ0n) is 15.9. The van der Waals surface area contributed by atoms with Crippen LogP contribution in [0.5, 0.6) is 0 Å². The summed E-state index contributed by atoms with van der Waals surface area (Å²) >= 11 is 0. The average Bonchev–Trinajstić information content (AvgIpc) is 3.33. The van der Waals surface area contributed by atoms with Crippen LogP contribution in [0, 0.1) is 5.92 Å². The summed E-state index contributed by atoms with van der Waals surface area (Å²) < 4.78 is 1.80. The van der Waals surface area contributed by atoms with Gasteiger partial charge in [-0.15, -0.1) is 5.10 Å². The molecule has 0 unspecified atom stereocenters. The number of carbonyl (C=O) groups excluding carboxylic acids is 2. The van der Waals surface area contributed by atoms with Crippen molar-refractivity contribution in [3.05, 3.63) is 11.9 Å². The maximum absolute atomic E-state index is 12.4. The minimum Gasteiger partial charge on any atom is -0.358 e. The molecule has 1 aliphatic heterocycles. The normalized spacial score (nSPS) is 24.0. The molecule has 1 aromatic rings. The summed E-state index contributed by atoms with van der Waals surface area (Å²) in [6.07, 6.45) is 7.95. The lowest BCUT2D eigenvalue weighted by molar-refractivity contribution is -0.124. The molecule has 1 saturated heterocycles. The Balaban J connectivity index is 1.59. The molecule has 26 heavy (non-hydrogen) atoms. The van der Waals surface area contributed by atoms with E-state index in [1.807, 2.05) is 20.0 Å². The lowest BCUT2D eigenvalue weighted by atomic mass is 9.99. The van der Waals surface area contributed by atoms with Crippen LogP contribution in [0.15, 0.2) is 6.20 Å². The first kappa shape index (κ1) is 18.8. The van der Waals surface area contributed by atoms with Crippen LogP contribution in [0.2, 0.25) is 0 Å². The minimum absolute atomic E-state index is 0.00709. The summed E-state index contributed by atoms with van der Waals surface area (Å²) in [5.41, 5.74) is 0.167. The second-order valence-electron chi connectivity index (χ2n) is 8.08. The summed E-state index contributed by atoms with van der Waals surface area (Å²) in [7, 11) is 1.64. The molecule has 144 valence electrons. The number of hydrogen-bond acceptors (Lipinski definition) is 5. The van der Waals surface area contributed by atoms with Crippen LogP contribution >= 0.6 is 0 Å². The third kappa shape index (κ3) is 4.23. The van der Waals surface area contributed by atoms with Crippen molar-refractivity contribution in [3.8, 4) is 0 Å². The van der Waals surface area contributed by atoms with Gasteiger partial charge in [-0.25, -0.2) is 4.68 Å². The van der Waals surface area contributed by atoms with Crippen LogP contribution in [0.3, 0.4) is 0 Å². The van der Waals surface area contributed by atoms with Gasteiger partial charge in [0.2, 0.25) is 11.8 Å². The number of likely N-dealkylation sites (N-methyl/N-ethyl adjacent to an activating group) is 1. The fourth-order valence-corrected chi connectivity index (χ4v) is 3.97. The molecule has 1 aromatic heterocycles. The smallest absolute Gasteiger partial charge is 0.236 e. The van der Waals surface area contributed by atoms with E-state index < -0.39 is 5.54 Å². The molecular formula is C18H30N6O2. The largest absolute Gasteiger partial charge is 0.358 e. The maximum atomic E-state index is 12.4. The van der Waals surface area contributed by atoms with Crippen molar-refractivity contribution in [1.82, 2.24) is 30.9 Å². The van der Waals surface area contributed by atoms with Crippen LogP contribution in [-0.4, -0.2) is 46.4 Å².